The Labute approximate surface area is 117 Å². The van der Waals surface area contributed by atoms with Crippen LogP contribution in [0.1, 0.15) is 44.2 Å². The van der Waals surface area contributed by atoms with Gasteiger partial charge in [-0.3, -0.25) is 4.79 Å². The second-order valence-corrected chi connectivity index (χ2v) is 5.66. The van der Waals surface area contributed by atoms with Crippen molar-refractivity contribution < 1.29 is 13.6 Å². The topological polar surface area (TPSA) is 55.1 Å². The number of amides is 1. The molecular weight excluding hydrogens is 262 g/mol. The Balaban J connectivity index is 2.00. The molecule has 0 spiro atoms. The Morgan fingerprint density at radius 2 is 2.00 bits per heavy atom. The molecule has 1 atom stereocenters. The van der Waals surface area contributed by atoms with E-state index >= 15 is 0 Å². The molecule has 0 radical (unpaired) electrons. The second-order valence-electron chi connectivity index (χ2n) is 5.66. The van der Waals surface area contributed by atoms with Gasteiger partial charge in [0.1, 0.15) is 11.6 Å². The van der Waals surface area contributed by atoms with E-state index in [0.717, 1.165) is 19.3 Å². The van der Waals surface area contributed by atoms with Gasteiger partial charge >= 0.3 is 0 Å². The molecule has 1 unspecified atom stereocenters. The highest BCUT2D eigenvalue weighted by Crippen LogP contribution is 2.42. The molecule has 3 nitrogen and oxygen atoms in total. The normalized spacial score (nSPS) is 18.2. The van der Waals surface area contributed by atoms with Gasteiger partial charge in [0.15, 0.2) is 0 Å². The van der Waals surface area contributed by atoms with Gasteiger partial charge in [0.2, 0.25) is 5.91 Å². The Bertz CT molecular complexity index is 475. The number of nitrogens with two attached hydrogens (primary N) is 1. The minimum atomic E-state index is -0.696. The number of benzene rings is 1. The molecule has 1 aromatic rings. The molecule has 0 heterocycles. The van der Waals surface area contributed by atoms with Gasteiger partial charge in [-0.05, 0) is 43.9 Å². The monoisotopic (exact) mass is 282 g/mol. The summed E-state index contributed by atoms with van der Waals surface area (Å²) in [5.74, 6) is -1.49. The fourth-order valence-electron chi connectivity index (χ4n) is 2.76. The Kier molecular flexibility index (Phi) is 4.38. The first-order valence-electron chi connectivity index (χ1n) is 6.91. The van der Waals surface area contributed by atoms with Crippen molar-refractivity contribution in [1.82, 2.24) is 5.32 Å². The average Bonchev–Trinajstić information content (AvgIpc) is 2.33. The lowest BCUT2D eigenvalue weighted by atomic mass is 9.66. The smallest absolute Gasteiger partial charge is 0.221 e. The number of carbonyl (C=O) groups excluding carboxylic acids is 1. The Morgan fingerprint density at radius 3 is 2.45 bits per heavy atom. The lowest BCUT2D eigenvalue weighted by Crippen LogP contribution is -2.42. The van der Waals surface area contributed by atoms with E-state index in [-0.39, 0.29) is 16.9 Å². The first-order chi connectivity index (χ1) is 9.47. The van der Waals surface area contributed by atoms with Crippen LogP contribution in [0.3, 0.4) is 0 Å². The Hall–Kier alpha value is -1.49. The van der Waals surface area contributed by atoms with Crippen molar-refractivity contribution in [3.8, 4) is 0 Å². The van der Waals surface area contributed by atoms with Crippen molar-refractivity contribution in [3.63, 3.8) is 0 Å². The summed E-state index contributed by atoms with van der Waals surface area (Å²) < 4.78 is 27.2. The largest absolute Gasteiger partial charge is 0.349 e. The third-order valence-corrected chi connectivity index (χ3v) is 4.19. The SMILES string of the molecule is CC(NC(=O)CC1(CN)CCC1)c1c(F)cccc1F. The molecule has 5 heteroatoms. The van der Waals surface area contributed by atoms with E-state index in [1.807, 2.05) is 0 Å². The molecule has 1 fully saturated rings. The van der Waals surface area contributed by atoms with Crippen molar-refractivity contribution >= 4 is 5.91 Å². The molecule has 3 N–H and O–H groups in total. The lowest BCUT2D eigenvalue weighted by Gasteiger charge is -2.40. The molecule has 1 aromatic carbocycles. The standard InChI is InChI=1S/C15H20F2N2O/c1-10(14-11(16)4-2-5-12(14)17)19-13(20)8-15(9-18)6-3-7-15/h2,4-5,10H,3,6-9,18H2,1H3,(H,19,20). The van der Waals surface area contributed by atoms with Gasteiger partial charge in [-0.25, -0.2) is 8.78 Å². The molecule has 0 bridgehead atoms. The molecule has 1 saturated carbocycles. The van der Waals surface area contributed by atoms with Crippen LogP contribution in [0.5, 0.6) is 0 Å². The summed E-state index contributed by atoms with van der Waals surface area (Å²) in [6.07, 6.45) is 3.30. The molecule has 0 aromatic heterocycles. The van der Waals surface area contributed by atoms with Gasteiger partial charge in [0, 0.05) is 12.0 Å². The van der Waals surface area contributed by atoms with Gasteiger partial charge in [-0.15, -0.1) is 0 Å². The van der Waals surface area contributed by atoms with Crippen LogP contribution >= 0.6 is 0 Å². The highest BCUT2D eigenvalue weighted by molar-refractivity contribution is 5.77. The van der Waals surface area contributed by atoms with Crippen molar-refractivity contribution in [1.29, 1.82) is 0 Å². The summed E-state index contributed by atoms with van der Waals surface area (Å²) in [5, 5.41) is 2.66. The molecule has 20 heavy (non-hydrogen) atoms. The maximum absolute atomic E-state index is 13.6. The highest BCUT2D eigenvalue weighted by Gasteiger charge is 2.37. The highest BCUT2D eigenvalue weighted by atomic mass is 19.1. The van der Waals surface area contributed by atoms with E-state index in [1.54, 1.807) is 6.92 Å². The van der Waals surface area contributed by atoms with Gasteiger partial charge < -0.3 is 11.1 Å². The van der Waals surface area contributed by atoms with Gasteiger partial charge in [-0.1, -0.05) is 12.5 Å². The summed E-state index contributed by atoms with van der Waals surface area (Å²) in [6, 6.07) is 2.99. The second kappa shape index (κ2) is 5.87. The van der Waals surface area contributed by atoms with E-state index in [1.165, 1.54) is 18.2 Å². The zero-order valence-corrected chi connectivity index (χ0v) is 11.6. The summed E-state index contributed by atoms with van der Waals surface area (Å²) in [4.78, 5) is 12.0. The zero-order valence-electron chi connectivity index (χ0n) is 11.6. The van der Waals surface area contributed by atoms with Crippen molar-refractivity contribution in [2.75, 3.05) is 6.54 Å². The molecule has 110 valence electrons. The van der Waals surface area contributed by atoms with E-state index in [9.17, 15) is 13.6 Å². The van der Waals surface area contributed by atoms with E-state index < -0.39 is 17.7 Å². The quantitative estimate of drug-likeness (QED) is 0.872. The molecule has 1 amide bonds. The van der Waals surface area contributed by atoms with E-state index in [4.69, 9.17) is 5.73 Å². The van der Waals surface area contributed by atoms with Crippen molar-refractivity contribution in [2.24, 2.45) is 11.1 Å². The minimum absolute atomic E-state index is 0.101. The summed E-state index contributed by atoms with van der Waals surface area (Å²) in [7, 11) is 0. The predicted octanol–water partition coefficient (Wildman–Crippen LogP) is 2.66. The minimum Gasteiger partial charge on any atom is -0.349 e. The average molecular weight is 282 g/mol. The van der Waals surface area contributed by atoms with Crippen LogP contribution in [0.2, 0.25) is 0 Å². The van der Waals surface area contributed by atoms with Gasteiger partial charge in [-0.2, -0.15) is 0 Å². The van der Waals surface area contributed by atoms with Crippen LogP contribution in [-0.2, 0) is 4.79 Å². The number of hydrogen-bond donors (Lipinski definition) is 2. The first-order valence-corrected chi connectivity index (χ1v) is 6.91. The number of halogens is 2. The third-order valence-electron chi connectivity index (χ3n) is 4.19. The van der Waals surface area contributed by atoms with Crippen LogP contribution in [0, 0.1) is 17.0 Å². The molecule has 1 aliphatic carbocycles. The summed E-state index contributed by atoms with van der Waals surface area (Å²) in [6.45, 7) is 2.05. The molecular formula is C15H20F2N2O. The maximum Gasteiger partial charge on any atom is 0.221 e. The van der Waals surface area contributed by atoms with Crippen molar-refractivity contribution in [2.45, 2.75) is 38.6 Å². The summed E-state index contributed by atoms with van der Waals surface area (Å²) >= 11 is 0. The summed E-state index contributed by atoms with van der Waals surface area (Å²) in [5.41, 5.74) is 5.49. The third kappa shape index (κ3) is 2.98. The fraction of sp³-hybridized carbons (Fsp3) is 0.533. The molecule has 1 aliphatic rings. The Morgan fingerprint density at radius 1 is 1.40 bits per heavy atom. The van der Waals surface area contributed by atoms with Crippen LogP contribution < -0.4 is 11.1 Å². The number of rotatable bonds is 5. The molecule has 0 saturated heterocycles. The lowest BCUT2D eigenvalue weighted by molar-refractivity contribution is -0.125. The predicted molar refractivity (Wildman–Crippen MR) is 72.9 cm³/mol. The number of hydrogen-bond acceptors (Lipinski definition) is 2. The van der Waals surface area contributed by atoms with Gasteiger partial charge in [0.25, 0.3) is 0 Å². The van der Waals surface area contributed by atoms with Crippen LogP contribution in [-0.4, -0.2) is 12.5 Å². The van der Waals surface area contributed by atoms with Gasteiger partial charge in [0.05, 0.1) is 6.04 Å². The van der Waals surface area contributed by atoms with Crippen molar-refractivity contribution in [3.05, 3.63) is 35.4 Å². The van der Waals surface area contributed by atoms with Crippen LogP contribution in [0.4, 0.5) is 8.78 Å². The number of carbonyl (C=O) groups is 1. The molecule has 2 rings (SSSR count). The van der Waals surface area contributed by atoms with Crippen LogP contribution in [0.25, 0.3) is 0 Å². The molecule has 0 aliphatic heterocycles. The van der Waals surface area contributed by atoms with E-state index in [0.29, 0.717) is 13.0 Å². The van der Waals surface area contributed by atoms with Crippen LogP contribution in [0.15, 0.2) is 18.2 Å². The maximum atomic E-state index is 13.6. The zero-order chi connectivity index (χ0) is 14.8. The fourth-order valence-corrected chi connectivity index (χ4v) is 2.76. The number of nitrogens with one attached hydrogen (secondary N) is 1. The van der Waals surface area contributed by atoms with E-state index in [2.05, 4.69) is 5.32 Å². The first kappa shape index (κ1) is 14.9.